The van der Waals surface area contributed by atoms with Crippen LogP contribution in [0.1, 0.15) is 30.0 Å². The maximum absolute atomic E-state index is 6.33. The molecule has 2 aromatic rings. The molecule has 0 heterocycles. The van der Waals surface area contributed by atoms with Crippen molar-refractivity contribution < 1.29 is 4.74 Å². The van der Waals surface area contributed by atoms with E-state index in [4.69, 9.17) is 16.3 Å². The van der Waals surface area contributed by atoms with E-state index in [-0.39, 0.29) is 0 Å². The minimum absolute atomic E-state index is 0.645. The summed E-state index contributed by atoms with van der Waals surface area (Å²) in [6, 6.07) is 11.9. The summed E-state index contributed by atoms with van der Waals surface area (Å²) in [6.07, 6.45) is 1.10. The standard InChI is InChI=1S/C18H22ClNO/c1-4-11-20-12-15-8-6-9-16(19)18(15)21-17-10-5-7-13(2)14(17)3/h5-10,20H,4,11-12H2,1-3H3. The molecular weight excluding hydrogens is 282 g/mol. The Labute approximate surface area is 132 Å². The van der Waals surface area contributed by atoms with Crippen molar-refractivity contribution in [3.8, 4) is 11.5 Å². The second-order valence-corrected chi connectivity index (χ2v) is 5.61. The van der Waals surface area contributed by atoms with E-state index in [1.165, 1.54) is 5.56 Å². The van der Waals surface area contributed by atoms with Gasteiger partial charge in [0.1, 0.15) is 5.75 Å². The van der Waals surface area contributed by atoms with Crippen molar-refractivity contribution in [1.29, 1.82) is 0 Å². The van der Waals surface area contributed by atoms with Crippen LogP contribution >= 0.6 is 11.6 Å². The molecule has 3 heteroatoms. The van der Waals surface area contributed by atoms with E-state index in [0.717, 1.165) is 42.1 Å². The molecule has 2 rings (SSSR count). The van der Waals surface area contributed by atoms with Gasteiger partial charge in [0.05, 0.1) is 5.02 Å². The normalized spacial score (nSPS) is 10.7. The lowest BCUT2D eigenvalue weighted by Gasteiger charge is -2.15. The third-order valence-corrected chi connectivity index (χ3v) is 3.86. The third-order valence-electron chi connectivity index (χ3n) is 3.56. The summed E-state index contributed by atoms with van der Waals surface area (Å²) in [7, 11) is 0. The molecule has 0 amide bonds. The van der Waals surface area contributed by atoms with Gasteiger partial charge in [-0.25, -0.2) is 0 Å². The maximum atomic E-state index is 6.33. The van der Waals surface area contributed by atoms with Crippen LogP contribution in [0, 0.1) is 13.8 Å². The van der Waals surface area contributed by atoms with Gasteiger partial charge in [0.2, 0.25) is 0 Å². The highest BCUT2D eigenvalue weighted by Crippen LogP contribution is 2.34. The van der Waals surface area contributed by atoms with Crippen molar-refractivity contribution in [3.05, 3.63) is 58.1 Å². The highest BCUT2D eigenvalue weighted by Gasteiger charge is 2.11. The first-order chi connectivity index (χ1) is 10.1. The molecule has 0 bridgehead atoms. The average Bonchev–Trinajstić information content (AvgIpc) is 2.47. The Hall–Kier alpha value is -1.51. The molecule has 1 N–H and O–H groups in total. The van der Waals surface area contributed by atoms with E-state index in [0.29, 0.717) is 5.02 Å². The number of hydrogen-bond donors (Lipinski definition) is 1. The predicted octanol–water partition coefficient (Wildman–Crippen LogP) is 5.25. The first kappa shape index (κ1) is 15.9. The van der Waals surface area contributed by atoms with Crippen molar-refractivity contribution in [1.82, 2.24) is 5.32 Å². The summed E-state index contributed by atoms with van der Waals surface area (Å²) in [5, 5.41) is 4.04. The summed E-state index contributed by atoms with van der Waals surface area (Å²) in [5.41, 5.74) is 3.44. The largest absolute Gasteiger partial charge is 0.455 e. The van der Waals surface area contributed by atoms with Crippen molar-refractivity contribution in [2.45, 2.75) is 33.7 Å². The Morgan fingerprint density at radius 2 is 1.86 bits per heavy atom. The predicted molar refractivity (Wildman–Crippen MR) is 89.4 cm³/mol. The van der Waals surface area contributed by atoms with E-state index in [2.05, 4.69) is 38.2 Å². The van der Waals surface area contributed by atoms with Crippen molar-refractivity contribution >= 4 is 11.6 Å². The van der Waals surface area contributed by atoms with E-state index >= 15 is 0 Å². The summed E-state index contributed by atoms with van der Waals surface area (Å²) < 4.78 is 6.11. The number of ether oxygens (including phenoxy) is 1. The van der Waals surface area contributed by atoms with E-state index in [9.17, 15) is 0 Å². The van der Waals surface area contributed by atoms with Crippen LogP contribution in [0.2, 0.25) is 5.02 Å². The van der Waals surface area contributed by atoms with Gasteiger partial charge in [0, 0.05) is 12.1 Å². The zero-order valence-corrected chi connectivity index (χ0v) is 13.6. The van der Waals surface area contributed by atoms with Gasteiger partial charge in [-0.2, -0.15) is 0 Å². The monoisotopic (exact) mass is 303 g/mol. The van der Waals surface area contributed by atoms with Gasteiger partial charge in [-0.15, -0.1) is 0 Å². The van der Waals surface area contributed by atoms with Crippen LogP contribution in [0.25, 0.3) is 0 Å². The van der Waals surface area contributed by atoms with Gasteiger partial charge in [-0.05, 0) is 50.1 Å². The molecule has 2 aromatic carbocycles. The molecule has 21 heavy (non-hydrogen) atoms. The molecule has 0 radical (unpaired) electrons. The molecular formula is C18H22ClNO. The van der Waals surface area contributed by atoms with E-state index in [1.807, 2.05) is 24.3 Å². The van der Waals surface area contributed by atoms with Crippen LogP contribution in [0.3, 0.4) is 0 Å². The first-order valence-electron chi connectivity index (χ1n) is 7.35. The van der Waals surface area contributed by atoms with Gasteiger partial charge < -0.3 is 10.1 Å². The molecule has 0 unspecified atom stereocenters. The van der Waals surface area contributed by atoms with Gasteiger partial charge in [0.25, 0.3) is 0 Å². The van der Waals surface area contributed by atoms with Crippen LogP contribution in [-0.2, 0) is 6.54 Å². The number of para-hydroxylation sites is 1. The molecule has 0 saturated carbocycles. The minimum Gasteiger partial charge on any atom is -0.455 e. The third kappa shape index (κ3) is 3.99. The van der Waals surface area contributed by atoms with Gasteiger partial charge in [-0.1, -0.05) is 42.8 Å². The van der Waals surface area contributed by atoms with Crippen molar-refractivity contribution in [2.24, 2.45) is 0 Å². The number of benzene rings is 2. The van der Waals surface area contributed by atoms with Gasteiger partial charge in [-0.3, -0.25) is 0 Å². The fraction of sp³-hybridized carbons (Fsp3) is 0.333. The van der Waals surface area contributed by atoms with Crippen LogP contribution in [0.5, 0.6) is 11.5 Å². The fourth-order valence-corrected chi connectivity index (χ4v) is 2.38. The molecule has 112 valence electrons. The SMILES string of the molecule is CCCNCc1cccc(Cl)c1Oc1cccc(C)c1C. The first-order valence-corrected chi connectivity index (χ1v) is 7.73. The minimum atomic E-state index is 0.645. The van der Waals surface area contributed by atoms with Crippen molar-refractivity contribution in [2.75, 3.05) is 6.54 Å². The highest BCUT2D eigenvalue weighted by molar-refractivity contribution is 6.32. The molecule has 0 saturated heterocycles. The van der Waals surface area contributed by atoms with E-state index < -0.39 is 0 Å². The Morgan fingerprint density at radius 3 is 2.62 bits per heavy atom. The van der Waals surface area contributed by atoms with Crippen LogP contribution in [0.15, 0.2) is 36.4 Å². The number of halogens is 1. The Morgan fingerprint density at radius 1 is 1.10 bits per heavy atom. The lowest BCUT2D eigenvalue weighted by Crippen LogP contribution is -2.14. The zero-order valence-electron chi connectivity index (χ0n) is 12.9. The molecule has 0 atom stereocenters. The number of nitrogens with one attached hydrogen (secondary N) is 1. The topological polar surface area (TPSA) is 21.3 Å². The number of aryl methyl sites for hydroxylation is 1. The summed E-state index contributed by atoms with van der Waals surface area (Å²) in [5.74, 6) is 1.61. The van der Waals surface area contributed by atoms with Crippen LogP contribution in [0.4, 0.5) is 0 Å². The number of hydrogen-bond acceptors (Lipinski definition) is 2. The Kier molecular flexibility index (Phi) is 5.66. The Bertz CT molecular complexity index is 610. The summed E-state index contributed by atoms with van der Waals surface area (Å²) in [6.45, 7) is 8.04. The second kappa shape index (κ2) is 7.48. The average molecular weight is 304 g/mol. The Balaban J connectivity index is 2.28. The molecule has 0 fully saturated rings. The number of rotatable bonds is 6. The van der Waals surface area contributed by atoms with Crippen LogP contribution < -0.4 is 10.1 Å². The van der Waals surface area contributed by atoms with Crippen molar-refractivity contribution in [3.63, 3.8) is 0 Å². The molecule has 0 aliphatic carbocycles. The smallest absolute Gasteiger partial charge is 0.150 e. The maximum Gasteiger partial charge on any atom is 0.150 e. The second-order valence-electron chi connectivity index (χ2n) is 5.20. The quantitative estimate of drug-likeness (QED) is 0.736. The molecule has 0 aliphatic heterocycles. The molecule has 2 nitrogen and oxygen atoms in total. The lowest BCUT2D eigenvalue weighted by atomic mass is 10.1. The summed E-state index contributed by atoms with van der Waals surface area (Å²) >= 11 is 6.33. The molecule has 0 aromatic heterocycles. The summed E-state index contributed by atoms with van der Waals surface area (Å²) in [4.78, 5) is 0. The zero-order chi connectivity index (χ0) is 15.2. The lowest BCUT2D eigenvalue weighted by molar-refractivity contribution is 0.469. The van der Waals surface area contributed by atoms with Crippen LogP contribution in [-0.4, -0.2) is 6.54 Å². The van der Waals surface area contributed by atoms with E-state index in [1.54, 1.807) is 0 Å². The highest BCUT2D eigenvalue weighted by atomic mass is 35.5. The van der Waals surface area contributed by atoms with Gasteiger partial charge in [0.15, 0.2) is 5.75 Å². The molecule has 0 aliphatic rings. The molecule has 0 spiro atoms. The fourth-order valence-electron chi connectivity index (χ4n) is 2.15. The van der Waals surface area contributed by atoms with Gasteiger partial charge >= 0.3 is 0 Å².